The van der Waals surface area contributed by atoms with Gasteiger partial charge < -0.3 is 19.7 Å². The molecular weight excluding hydrogens is 353 g/mol. The molecule has 1 aromatic carbocycles. The summed E-state index contributed by atoms with van der Waals surface area (Å²) in [5.74, 6) is -0.496. The Kier molecular flexibility index (Phi) is 5.55. The van der Waals surface area contributed by atoms with Crippen LogP contribution in [0.25, 0.3) is 0 Å². The maximum Gasteiger partial charge on any atom is 0.414 e. The minimum atomic E-state index is -0.538. The highest BCUT2D eigenvalue weighted by atomic mass is 19.1. The highest BCUT2D eigenvalue weighted by Crippen LogP contribution is 2.28. The van der Waals surface area contributed by atoms with Crippen LogP contribution in [0.5, 0.6) is 0 Å². The summed E-state index contributed by atoms with van der Waals surface area (Å²) in [7, 11) is 0. The summed E-state index contributed by atoms with van der Waals surface area (Å²) >= 11 is 0. The van der Waals surface area contributed by atoms with E-state index in [1.54, 1.807) is 12.1 Å². The number of nitrogens with one attached hydrogen (secondary N) is 1. The Morgan fingerprint density at radius 1 is 1.30 bits per heavy atom. The second-order valence-electron chi connectivity index (χ2n) is 7.81. The second-order valence-corrected chi connectivity index (χ2v) is 7.81. The van der Waals surface area contributed by atoms with Crippen molar-refractivity contribution in [3.63, 3.8) is 0 Å². The normalized spacial score (nSPS) is 20.6. The summed E-state index contributed by atoms with van der Waals surface area (Å²) in [6, 6.07) is 4.74. The van der Waals surface area contributed by atoms with Crippen molar-refractivity contribution in [1.82, 2.24) is 5.32 Å². The number of hydrogen-bond donors (Lipinski definition) is 1. The number of carbonyl (C=O) groups is 2. The number of carbonyl (C=O) groups excluding carboxylic acids is 2. The van der Waals surface area contributed by atoms with Crippen LogP contribution in [0, 0.1) is 11.2 Å². The minimum absolute atomic E-state index is 0.113. The van der Waals surface area contributed by atoms with E-state index in [1.165, 1.54) is 11.0 Å². The number of anilines is 2. The van der Waals surface area contributed by atoms with Crippen LogP contribution < -0.4 is 15.1 Å². The fourth-order valence-electron chi connectivity index (χ4n) is 3.03. The van der Waals surface area contributed by atoms with Crippen LogP contribution in [0.3, 0.4) is 0 Å². The van der Waals surface area contributed by atoms with Crippen molar-refractivity contribution in [3.05, 3.63) is 24.0 Å². The van der Waals surface area contributed by atoms with Crippen LogP contribution in [0.15, 0.2) is 18.2 Å². The van der Waals surface area contributed by atoms with Gasteiger partial charge in [-0.25, -0.2) is 9.18 Å². The zero-order valence-corrected chi connectivity index (χ0v) is 16.0. The minimum Gasteiger partial charge on any atom is -0.442 e. The molecule has 0 spiro atoms. The number of benzene rings is 1. The molecule has 1 N–H and O–H groups in total. The van der Waals surface area contributed by atoms with Gasteiger partial charge in [-0.3, -0.25) is 9.69 Å². The lowest BCUT2D eigenvalue weighted by Crippen LogP contribution is -2.40. The van der Waals surface area contributed by atoms with Gasteiger partial charge in [0, 0.05) is 18.5 Å². The number of hydrogen-bond acceptors (Lipinski definition) is 5. The standard InChI is InChI=1S/C19H26FN3O4/c1-19(2,3)17(24)21-11-14-12-23(18(25)27-14)13-4-5-16(15(20)10-13)22-6-8-26-9-7-22/h4-5,10,14H,6-9,11-12H2,1-3H3,(H,21,24)/t14-/m0/s1. The van der Waals surface area contributed by atoms with Gasteiger partial charge in [0.1, 0.15) is 11.9 Å². The number of ether oxygens (including phenoxy) is 2. The van der Waals surface area contributed by atoms with Gasteiger partial charge in [-0.05, 0) is 18.2 Å². The maximum atomic E-state index is 14.6. The van der Waals surface area contributed by atoms with Crippen molar-refractivity contribution < 1.29 is 23.5 Å². The average Bonchev–Trinajstić information content (AvgIpc) is 3.00. The van der Waals surface area contributed by atoms with E-state index in [2.05, 4.69) is 5.32 Å². The Labute approximate surface area is 158 Å². The molecule has 0 aliphatic carbocycles. The fourth-order valence-corrected chi connectivity index (χ4v) is 3.03. The Bertz CT molecular complexity index is 713. The van der Waals surface area contributed by atoms with Crippen LogP contribution in [0.1, 0.15) is 20.8 Å². The second kappa shape index (κ2) is 7.72. The van der Waals surface area contributed by atoms with Crippen molar-refractivity contribution in [2.75, 3.05) is 49.2 Å². The monoisotopic (exact) mass is 379 g/mol. The average molecular weight is 379 g/mol. The predicted molar refractivity (Wildman–Crippen MR) is 99.5 cm³/mol. The Morgan fingerprint density at radius 3 is 2.63 bits per heavy atom. The van der Waals surface area contributed by atoms with E-state index in [9.17, 15) is 14.0 Å². The van der Waals surface area contributed by atoms with Crippen molar-refractivity contribution in [1.29, 1.82) is 0 Å². The van der Waals surface area contributed by atoms with Crippen molar-refractivity contribution in [3.8, 4) is 0 Å². The number of nitrogens with zero attached hydrogens (tertiary/aromatic N) is 2. The molecule has 0 unspecified atom stereocenters. The third kappa shape index (κ3) is 4.50. The van der Waals surface area contributed by atoms with E-state index in [1.807, 2.05) is 25.7 Å². The van der Waals surface area contributed by atoms with Gasteiger partial charge in [0.15, 0.2) is 0 Å². The number of rotatable bonds is 4. The van der Waals surface area contributed by atoms with Crippen LogP contribution in [-0.4, -0.2) is 57.5 Å². The number of cyclic esters (lactones) is 1. The van der Waals surface area contributed by atoms with E-state index < -0.39 is 17.6 Å². The summed E-state index contributed by atoms with van der Waals surface area (Å²) in [4.78, 5) is 27.4. The molecule has 0 radical (unpaired) electrons. The van der Waals surface area contributed by atoms with Gasteiger partial charge in [0.05, 0.1) is 37.7 Å². The molecule has 1 atom stereocenters. The molecule has 2 fully saturated rings. The van der Waals surface area contributed by atoms with E-state index >= 15 is 0 Å². The highest BCUT2D eigenvalue weighted by Gasteiger charge is 2.34. The summed E-state index contributed by atoms with van der Waals surface area (Å²) < 4.78 is 25.2. The smallest absolute Gasteiger partial charge is 0.414 e. The van der Waals surface area contributed by atoms with Crippen LogP contribution >= 0.6 is 0 Å². The van der Waals surface area contributed by atoms with Crippen LogP contribution in [-0.2, 0) is 14.3 Å². The summed E-state index contributed by atoms with van der Waals surface area (Å²) in [5, 5.41) is 2.79. The molecule has 0 aromatic heterocycles. The zero-order chi connectivity index (χ0) is 19.6. The molecule has 2 heterocycles. The molecule has 148 valence electrons. The third-order valence-electron chi connectivity index (χ3n) is 4.64. The molecule has 2 aliphatic rings. The van der Waals surface area contributed by atoms with Gasteiger partial charge in [-0.2, -0.15) is 0 Å². The Hall–Kier alpha value is -2.35. The Balaban J connectivity index is 1.63. The SMILES string of the molecule is CC(C)(C)C(=O)NC[C@H]1CN(c2ccc(N3CCOCC3)c(F)c2)C(=O)O1. The molecule has 3 rings (SSSR count). The van der Waals surface area contributed by atoms with E-state index in [-0.39, 0.29) is 24.8 Å². The topological polar surface area (TPSA) is 71.1 Å². The molecule has 0 bridgehead atoms. The Morgan fingerprint density at radius 2 is 2.00 bits per heavy atom. The maximum absolute atomic E-state index is 14.6. The number of amides is 2. The lowest BCUT2D eigenvalue weighted by Gasteiger charge is -2.29. The van der Waals surface area contributed by atoms with Gasteiger partial charge >= 0.3 is 6.09 Å². The summed E-state index contributed by atoms with van der Waals surface area (Å²) in [6.45, 7) is 8.35. The van der Waals surface area contributed by atoms with Crippen LogP contribution in [0.4, 0.5) is 20.6 Å². The van der Waals surface area contributed by atoms with E-state index in [4.69, 9.17) is 9.47 Å². The molecule has 1 aromatic rings. The molecule has 2 aliphatic heterocycles. The first-order chi connectivity index (χ1) is 12.8. The first-order valence-electron chi connectivity index (χ1n) is 9.14. The van der Waals surface area contributed by atoms with Gasteiger partial charge in [-0.15, -0.1) is 0 Å². The molecular formula is C19H26FN3O4. The predicted octanol–water partition coefficient (Wildman–Crippen LogP) is 2.15. The largest absolute Gasteiger partial charge is 0.442 e. The van der Waals surface area contributed by atoms with Gasteiger partial charge in [0.2, 0.25) is 5.91 Å². The van der Waals surface area contributed by atoms with Crippen molar-refractivity contribution in [2.24, 2.45) is 5.41 Å². The van der Waals surface area contributed by atoms with Crippen LogP contribution in [0.2, 0.25) is 0 Å². The lowest BCUT2D eigenvalue weighted by atomic mass is 9.96. The summed E-state index contributed by atoms with van der Waals surface area (Å²) in [5.41, 5.74) is 0.434. The molecule has 8 heteroatoms. The third-order valence-corrected chi connectivity index (χ3v) is 4.64. The van der Waals surface area contributed by atoms with E-state index in [0.717, 1.165) is 0 Å². The van der Waals surface area contributed by atoms with Gasteiger partial charge in [-0.1, -0.05) is 20.8 Å². The highest BCUT2D eigenvalue weighted by molar-refractivity contribution is 5.90. The summed E-state index contributed by atoms with van der Waals surface area (Å²) in [6.07, 6.45) is -1.01. The van der Waals surface area contributed by atoms with E-state index in [0.29, 0.717) is 37.7 Å². The van der Waals surface area contributed by atoms with Crippen molar-refractivity contribution >= 4 is 23.4 Å². The lowest BCUT2D eigenvalue weighted by molar-refractivity contribution is -0.128. The fraction of sp³-hybridized carbons (Fsp3) is 0.579. The molecule has 7 nitrogen and oxygen atoms in total. The molecule has 2 saturated heterocycles. The molecule has 2 amide bonds. The van der Waals surface area contributed by atoms with Crippen molar-refractivity contribution in [2.45, 2.75) is 26.9 Å². The molecule has 0 saturated carbocycles. The van der Waals surface area contributed by atoms with Gasteiger partial charge in [0.25, 0.3) is 0 Å². The first-order valence-corrected chi connectivity index (χ1v) is 9.14. The first kappa shape index (κ1) is 19.4. The number of morpholine rings is 1. The zero-order valence-electron chi connectivity index (χ0n) is 16.0. The quantitative estimate of drug-likeness (QED) is 0.868. The molecule has 27 heavy (non-hydrogen) atoms. The number of halogens is 1.